The van der Waals surface area contributed by atoms with Gasteiger partial charge < -0.3 is 14.8 Å². The fourth-order valence-corrected chi connectivity index (χ4v) is 1.43. The number of methoxy groups -OCH3 is 2. The molecule has 1 aromatic rings. The minimum absolute atomic E-state index is 0.0684. The Morgan fingerprint density at radius 3 is 2.53 bits per heavy atom. The lowest BCUT2D eigenvalue weighted by Gasteiger charge is -2.15. The van der Waals surface area contributed by atoms with E-state index in [1.807, 2.05) is 13.0 Å². The molecule has 0 aromatic heterocycles. The van der Waals surface area contributed by atoms with Gasteiger partial charge in [-0.1, -0.05) is 0 Å². The number of ether oxygens (including phenoxy) is 2. The zero-order chi connectivity index (χ0) is 12.8. The van der Waals surface area contributed by atoms with E-state index in [1.165, 1.54) is 26.4 Å². The van der Waals surface area contributed by atoms with Crippen molar-refractivity contribution in [3.05, 3.63) is 33.9 Å². The highest BCUT2D eigenvalue weighted by molar-refractivity contribution is 5.53. The Morgan fingerprint density at radius 1 is 1.35 bits per heavy atom. The first-order chi connectivity index (χ1) is 8.06. The highest BCUT2D eigenvalue weighted by Crippen LogP contribution is 2.20. The summed E-state index contributed by atoms with van der Waals surface area (Å²) in [7, 11) is 3.07. The Bertz CT molecular complexity index is 391. The number of nitro benzene ring substituents is 1. The standard InChI is InChI=1S/C11H16N2O4/c1-8-4-9(6-10(5-8)13(14)15)12-7-11(16-2)17-3/h4-6,11-12H,7H2,1-3H3. The molecule has 6 nitrogen and oxygen atoms in total. The van der Waals surface area contributed by atoms with Crippen LogP contribution in [0.3, 0.4) is 0 Å². The van der Waals surface area contributed by atoms with Crippen molar-refractivity contribution in [2.45, 2.75) is 13.2 Å². The first-order valence-corrected chi connectivity index (χ1v) is 5.12. The van der Waals surface area contributed by atoms with Gasteiger partial charge in [0.25, 0.3) is 5.69 Å². The van der Waals surface area contributed by atoms with Gasteiger partial charge in [-0.25, -0.2) is 0 Å². The summed E-state index contributed by atoms with van der Waals surface area (Å²) < 4.78 is 10.0. The number of nitrogens with zero attached hydrogens (tertiary/aromatic N) is 1. The van der Waals surface area contributed by atoms with Crippen LogP contribution in [0.25, 0.3) is 0 Å². The molecule has 0 fully saturated rings. The SMILES string of the molecule is COC(CNc1cc(C)cc([N+](=O)[O-])c1)OC. The molecule has 0 saturated carbocycles. The van der Waals surface area contributed by atoms with Gasteiger partial charge in [0.15, 0.2) is 6.29 Å². The van der Waals surface area contributed by atoms with Crippen LogP contribution >= 0.6 is 0 Å². The van der Waals surface area contributed by atoms with Crippen molar-refractivity contribution in [3.63, 3.8) is 0 Å². The second-order valence-corrected chi connectivity index (χ2v) is 3.60. The summed E-state index contributed by atoms with van der Waals surface area (Å²) >= 11 is 0. The average molecular weight is 240 g/mol. The van der Waals surface area contributed by atoms with Gasteiger partial charge in [0.1, 0.15) is 0 Å². The molecule has 0 atom stereocenters. The van der Waals surface area contributed by atoms with Crippen molar-refractivity contribution >= 4 is 11.4 Å². The third-order valence-corrected chi connectivity index (χ3v) is 2.27. The topological polar surface area (TPSA) is 73.6 Å². The van der Waals surface area contributed by atoms with E-state index in [9.17, 15) is 10.1 Å². The van der Waals surface area contributed by atoms with E-state index in [1.54, 1.807) is 0 Å². The van der Waals surface area contributed by atoms with Crippen molar-refractivity contribution < 1.29 is 14.4 Å². The van der Waals surface area contributed by atoms with Gasteiger partial charge in [0.05, 0.1) is 11.5 Å². The lowest BCUT2D eigenvalue weighted by atomic mass is 10.2. The summed E-state index contributed by atoms with van der Waals surface area (Å²) in [6, 6.07) is 4.83. The number of nitro groups is 1. The molecule has 0 aliphatic carbocycles. The van der Waals surface area contributed by atoms with Gasteiger partial charge in [-0.15, -0.1) is 0 Å². The third kappa shape index (κ3) is 4.01. The van der Waals surface area contributed by atoms with Gasteiger partial charge in [0.2, 0.25) is 0 Å². The number of anilines is 1. The average Bonchev–Trinajstić information content (AvgIpc) is 2.29. The number of nitrogens with one attached hydrogen (secondary N) is 1. The first kappa shape index (κ1) is 13.4. The molecule has 0 bridgehead atoms. The Hall–Kier alpha value is -1.66. The van der Waals surface area contributed by atoms with E-state index < -0.39 is 4.92 Å². The van der Waals surface area contributed by atoms with Gasteiger partial charge in [0, 0.05) is 32.0 Å². The van der Waals surface area contributed by atoms with Crippen molar-refractivity contribution in [2.24, 2.45) is 0 Å². The molecular weight excluding hydrogens is 224 g/mol. The molecule has 0 unspecified atom stereocenters. The number of benzene rings is 1. The van der Waals surface area contributed by atoms with E-state index in [0.717, 1.165) is 5.56 Å². The fourth-order valence-electron chi connectivity index (χ4n) is 1.43. The smallest absolute Gasteiger partial charge is 0.271 e. The van der Waals surface area contributed by atoms with E-state index in [2.05, 4.69) is 5.32 Å². The highest BCUT2D eigenvalue weighted by Gasteiger charge is 2.09. The number of hydrogen-bond donors (Lipinski definition) is 1. The maximum Gasteiger partial charge on any atom is 0.271 e. The summed E-state index contributed by atoms with van der Waals surface area (Å²) in [6.07, 6.45) is -0.380. The van der Waals surface area contributed by atoms with E-state index in [0.29, 0.717) is 12.2 Å². The third-order valence-electron chi connectivity index (χ3n) is 2.27. The Balaban J connectivity index is 2.74. The summed E-state index contributed by atoms with van der Waals surface area (Å²) in [5.74, 6) is 0. The summed E-state index contributed by atoms with van der Waals surface area (Å²) in [5, 5.41) is 13.7. The zero-order valence-corrected chi connectivity index (χ0v) is 10.1. The van der Waals surface area contributed by atoms with Crippen LogP contribution in [0.4, 0.5) is 11.4 Å². The lowest BCUT2D eigenvalue weighted by molar-refractivity contribution is -0.384. The normalized spacial score (nSPS) is 10.6. The molecule has 94 valence electrons. The molecule has 0 aliphatic heterocycles. The minimum Gasteiger partial charge on any atom is -0.380 e. The molecule has 1 rings (SSSR count). The fraction of sp³-hybridized carbons (Fsp3) is 0.455. The second-order valence-electron chi connectivity index (χ2n) is 3.60. The largest absolute Gasteiger partial charge is 0.380 e. The Labute approximate surface area is 99.7 Å². The van der Waals surface area contributed by atoms with Gasteiger partial charge in [-0.3, -0.25) is 10.1 Å². The maximum atomic E-state index is 10.7. The molecule has 0 radical (unpaired) electrons. The van der Waals surface area contributed by atoms with Gasteiger partial charge in [-0.05, 0) is 18.6 Å². The van der Waals surface area contributed by atoms with Crippen molar-refractivity contribution in [3.8, 4) is 0 Å². The van der Waals surface area contributed by atoms with E-state index in [-0.39, 0.29) is 12.0 Å². The number of non-ortho nitro benzene ring substituents is 1. The van der Waals surface area contributed by atoms with E-state index in [4.69, 9.17) is 9.47 Å². The molecule has 6 heteroatoms. The second kappa shape index (κ2) is 6.17. The van der Waals surface area contributed by atoms with Gasteiger partial charge >= 0.3 is 0 Å². The van der Waals surface area contributed by atoms with Crippen molar-refractivity contribution in [1.82, 2.24) is 0 Å². The van der Waals surface area contributed by atoms with Crippen LogP contribution in [0, 0.1) is 17.0 Å². The highest BCUT2D eigenvalue weighted by atomic mass is 16.7. The van der Waals surface area contributed by atoms with Crippen LogP contribution in [0.1, 0.15) is 5.56 Å². The first-order valence-electron chi connectivity index (χ1n) is 5.12. The molecule has 0 saturated heterocycles. The molecule has 0 amide bonds. The maximum absolute atomic E-state index is 10.7. The summed E-state index contributed by atoms with van der Waals surface area (Å²) in [6.45, 7) is 2.23. The van der Waals surface area contributed by atoms with Crippen molar-refractivity contribution in [2.75, 3.05) is 26.1 Å². The van der Waals surface area contributed by atoms with Crippen molar-refractivity contribution in [1.29, 1.82) is 0 Å². The molecule has 0 heterocycles. The molecule has 0 aliphatic rings. The minimum atomic E-state index is -0.414. The molecular formula is C11H16N2O4. The van der Waals surface area contributed by atoms with Crippen LogP contribution < -0.4 is 5.32 Å². The number of hydrogen-bond acceptors (Lipinski definition) is 5. The van der Waals surface area contributed by atoms with Gasteiger partial charge in [-0.2, -0.15) is 0 Å². The Morgan fingerprint density at radius 2 is 2.00 bits per heavy atom. The number of aryl methyl sites for hydroxylation is 1. The monoisotopic (exact) mass is 240 g/mol. The van der Waals surface area contributed by atoms with Crippen LogP contribution in [0.2, 0.25) is 0 Å². The molecule has 17 heavy (non-hydrogen) atoms. The molecule has 1 N–H and O–H groups in total. The quantitative estimate of drug-likeness (QED) is 0.467. The van der Waals surface area contributed by atoms with E-state index >= 15 is 0 Å². The lowest BCUT2D eigenvalue weighted by Crippen LogP contribution is -2.23. The van der Waals surface area contributed by atoms with Crippen LogP contribution in [-0.2, 0) is 9.47 Å². The predicted octanol–water partition coefficient (Wildman–Crippen LogP) is 1.93. The molecule has 1 aromatic carbocycles. The Kier molecular flexibility index (Phi) is 4.86. The zero-order valence-electron chi connectivity index (χ0n) is 10.1. The van der Waals surface area contributed by atoms with Crippen LogP contribution in [0.5, 0.6) is 0 Å². The van der Waals surface area contributed by atoms with Crippen LogP contribution in [0.15, 0.2) is 18.2 Å². The summed E-state index contributed by atoms with van der Waals surface area (Å²) in [4.78, 5) is 10.3. The number of rotatable bonds is 6. The predicted molar refractivity (Wildman–Crippen MR) is 64.1 cm³/mol. The molecule has 0 spiro atoms. The van der Waals surface area contributed by atoms with Crippen LogP contribution in [-0.4, -0.2) is 32.0 Å². The summed E-state index contributed by atoms with van der Waals surface area (Å²) in [5.41, 5.74) is 1.57.